The minimum atomic E-state index is -0.492. The first kappa shape index (κ1) is 16.4. The van der Waals surface area contributed by atoms with Crippen molar-refractivity contribution in [1.82, 2.24) is 9.97 Å². The number of para-hydroxylation sites is 1. The van der Waals surface area contributed by atoms with Crippen molar-refractivity contribution in [3.63, 3.8) is 0 Å². The summed E-state index contributed by atoms with van der Waals surface area (Å²) in [6.45, 7) is 0. The summed E-state index contributed by atoms with van der Waals surface area (Å²) in [5, 5.41) is 1.77. The van der Waals surface area contributed by atoms with E-state index in [-0.39, 0.29) is 5.76 Å². The number of hydrogen-bond acceptors (Lipinski definition) is 7. The van der Waals surface area contributed by atoms with Gasteiger partial charge < -0.3 is 13.6 Å². The van der Waals surface area contributed by atoms with Crippen LogP contribution in [0.4, 0.5) is 0 Å². The second kappa shape index (κ2) is 7.05. The molecule has 0 spiro atoms. The molecule has 0 amide bonds. The number of esters is 1. The molecule has 7 heteroatoms. The number of nitrogens with zero attached hydrogens (tertiary/aromatic N) is 2. The molecule has 0 saturated heterocycles. The second-order valence-corrected chi connectivity index (χ2v) is 6.36. The van der Waals surface area contributed by atoms with Crippen LogP contribution in [0.2, 0.25) is 0 Å². The van der Waals surface area contributed by atoms with Crippen molar-refractivity contribution < 1.29 is 18.4 Å². The van der Waals surface area contributed by atoms with E-state index in [1.54, 1.807) is 24.5 Å². The van der Waals surface area contributed by atoms with E-state index in [2.05, 4.69) is 14.7 Å². The molecule has 3 heterocycles. The predicted octanol–water partition coefficient (Wildman–Crippen LogP) is 4.56. The maximum absolute atomic E-state index is 11.5. The van der Waals surface area contributed by atoms with Crippen LogP contribution in [0.3, 0.4) is 0 Å². The van der Waals surface area contributed by atoms with E-state index in [0.29, 0.717) is 23.1 Å². The lowest BCUT2D eigenvalue weighted by Crippen LogP contribution is -1.98. The summed E-state index contributed by atoms with van der Waals surface area (Å²) in [6.07, 6.45) is 1.60. The van der Waals surface area contributed by atoms with Gasteiger partial charge in [-0.3, -0.25) is 0 Å². The Morgan fingerprint density at radius 1 is 1.12 bits per heavy atom. The number of ether oxygens (including phenoxy) is 1. The number of aromatic nitrogens is 2. The van der Waals surface area contributed by atoms with Gasteiger partial charge in [-0.1, -0.05) is 30.0 Å². The van der Waals surface area contributed by atoms with Gasteiger partial charge in [-0.25, -0.2) is 14.8 Å². The molecule has 1 aromatic carbocycles. The Kier molecular flexibility index (Phi) is 4.45. The molecule has 0 unspecified atom stereocenters. The zero-order chi connectivity index (χ0) is 17.9. The van der Waals surface area contributed by atoms with Gasteiger partial charge in [0.25, 0.3) is 0 Å². The molecule has 4 rings (SSSR count). The fourth-order valence-electron chi connectivity index (χ4n) is 2.48. The zero-order valence-corrected chi connectivity index (χ0v) is 14.7. The molecule has 3 aromatic heterocycles. The van der Waals surface area contributed by atoms with Crippen LogP contribution < -0.4 is 0 Å². The summed E-state index contributed by atoms with van der Waals surface area (Å²) >= 11 is 1.51. The van der Waals surface area contributed by atoms with Crippen LogP contribution in [0.1, 0.15) is 16.3 Å². The van der Waals surface area contributed by atoms with Crippen LogP contribution in [0, 0.1) is 0 Å². The summed E-state index contributed by atoms with van der Waals surface area (Å²) in [6, 6.07) is 14.8. The summed E-state index contributed by atoms with van der Waals surface area (Å²) in [5.74, 6) is 2.03. The van der Waals surface area contributed by atoms with E-state index in [9.17, 15) is 4.79 Å². The Hall–Kier alpha value is -3.06. The smallest absolute Gasteiger partial charge is 0.373 e. The fourth-order valence-corrected chi connectivity index (χ4v) is 3.39. The summed E-state index contributed by atoms with van der Waals surface area (Å²) in [7, 11) is 1.32. The summed E-state index contributed by atoms with van der Waals surface area (Å²) in [4.78, 5) is 20.7. The zero-order valence-electron chi connectivity index (χ0n) is 13.8. The van der Waals surface area contributed by atoms with Gasteiger partial charge >= 0.3 is 5.97 Å². The number of benzene rings is 1. The number of furan rings is 2. The van der Waals surface area contributed by atoms with Crippen molar-refractivity contribution in [2.24, 2.45) is 0 Å². The Morgan fingerprint density at radius 2 is 2.00 bits per heavy atom. The third-order valence-electron chi connectivity index (χ3n) is 3.71. The molecule has 26 heavy (non-hydrogen) atoms. The number of carbonyl (C=O) groups is 1. The number of methoxy groups -OCH3 is 1. The maximum atomic E-state index is 11.5. The minimum Gasteiger partial charge on any atom is -0.463 e. The maximum Gasteiger partial charge on any atom is 0.373 e. The van der Waals surface area contributed by atoms with Crippen LogP contribution in [0.5, 0.6) is 0 Å². The van der Waals surface area contributed by atoms with Crippen molar-refractivity contribution in [1.29, 1.82) is 0 Å². The molecule has 0 atom stereocenters. The molecule has 0 fully saturated rings. The van der Waals surface area contributed by atoms with Gasteiger partial charge in [-0.05, 0) is 30.3 Å². The largest absolute Gasteiger partial charge is 0.463 e. The van der Waals surface area contributed by atoms with Gasteiger partial charge in [0, 0.05) is 5.39 Å². The Bertz CT molecular complexity index is 1060. The van der Waals surface area contributed by atoms with Gasteiger partial charge in [0.05, 0.1) is 24.6 Å². The Labute approximate surface area is 153 Å². The van der Waals surface area contributed by atoms with E-state index in [1.807, 2.05) is 30.3 Å². The van der Waals surface area contributed by atoms with Crippen LogP contribution in [0.15, 0.2) is 68.7 Å². The predicted molar refractivity (Wildman–Crippen MR) is 96.8 cm³/mol. The lowest BCUT2D eigenvalue weighted by molar-refractivity contribution is 0.0563. The summed E-state index contributed by atoms with van der Waals surface area (Å²) < 4.78 is 15.6. The number of hydrogen-bond donors (Lipinski definition) is 0. The lowest BCUT2D eigenvalue weighted by Gasteiger charge is -2.06. The Balaban J connectivity index is 1.65. The van der Waals surface area contributed by atoms with Gasteiger partial charge in [-0.15, -0.1) is 0 Å². The van der Waals surface area contributed by atoms with Crippen LogP contribution in [-0.4, -0.2) is 23.0 Å². The third kappa shape index (κ3) is 3.21. The summed E-state index contributed by atoms with van der Waals surface area (Å²) in [5.41, 5.74) is 0.839. The first-order chi connectivity index (χ1) is 12.7. The highest BCUT2D eigenvalue weighted by molar-refractivity contribution is 7.98. The number of rotatable bonds is 5. The highest BCUT2D eigenvalue weighted by Crippen LogP contribution is 2.31. The van der Waals surface area contributed by atoms with Crippen molar-refractivity contribution in [3.05, 3.63) is 66.3 Å². The first-order valence-corrected chi connectivity index (χ1v) is 8.83. The molecule has 6 nitrogen and oxygen atoms in total. The van der Waals surface area contributed by atoms with Crippen LogP contribution in [-0.2, 0) is 10.5 Å². The average Bonchev–Trinajstić information content (AvgIpc) is 3.37. The highest BCUT2D eigenvalue weighted by Gasteiger charge is 2.14. The standard InChI is InChI=1S/C19H14N2O4S/c1-23-19(22)16-9-8-12(25-16)11-26-18-13-5-2-3-6-14(13)20-17(21-18)15-7-4-10-24-15/h2-10H,11H2,1H3. The molecule has 0 aliphatic rings. The Morgan fingerprint density at radius 3 is 2.81 bits per heavy atom. The SMILES string of the molecule is COC(=O)c1ccc(CSc2nc(-c3ccco3)nc3ccccc23)o1. The average molecular weight is 366 g/mol. The molecular weight excluding hydrogens is 352 g/mol. The minimum absolute atomic E-state index is 0.187. The van der Waals surface area contributed by atoms with Gasteiger partial charge in [0.15, 0.2) is 11.6 Å². The number of carbonyl (C=O) groups excluding carboxylic acids is 1. The molecule has 0 saturated carbocycles. The van der Waals surface area contributed by atoms with Crippen LogP contribution >= 0.6 is 11.8 Å². The second-order valence-electron chi connectivity index (χ2n) is 5.39. The van der Waals surface area contributed by atoms with E-state index < -0.39 is 5.97 Å². The normalized spacial score (nSPS) is 11.0. The lowest BCUT2D eigenvalue weighted by atomic mass is 10.2. The van der Waals surface area contributed by atoms with Crippen molar-refractivity contribution in [2.75, 3.05) is 7.11 Å². The van der Waals surface area contributed by atoms with Crippen molar-refractivity contribution in [3.8, 4) is 11.6 Å². The van der Waals surface area contributed by atoms with E-state index in [0.717, 1.165) is 15.9 Å². The molecule has 0 radical (unpaired) electrons. The van der Waals surface area contributed by atoms with E-state index >= 15 is 0 Å². The monoisotopic (exact) mass is 366 g/mol. The molecule has 130 valence electrons. The number of fused-ring (bicyclic) bond motifs is 1. The number of thioether (sulfide) groups is 1. The van der Waals surface area contributed by atoms with Gasteiger partial charge in [0.2, 0.25) is 5.76 Å². The quantitative estimate of drug-likeness (QED) is 0.291. The fraction of sp³-hybridized carbons (Fsp3) is 0.105. The van der Waals surface area contributed by atoms with Crippen LogP contribution in [0.25, 0.3) is 22.5 Å². The molecular formula is C19H14N2O4S. The van der Waals surface area contributed by atoms with Crippen molar-refractivity contribution >= 4 is 28.6 Å². The molecule has 4 aromatic rings. The topological polar surface area (TPSA) is 78.4 Å². The molecule has 0 aliphatic carbocycles. The molecule has 0 bridgehead atoms. The van der Waals surface area contributed by atoms with E-state index in [4.69, 9.17) is 8.83 Å². The van der Waals surface area contributed by atoms with E-state index in [1.165, 1.54) is 18.9 Å². The highest BCUT2D eigenvalue weighted by atomic mass is 32.2. The third-order valence-corrected chi connectivity index (χ3v) is 4.72. The van der Waals surface area contributed by atoms with Crippen molar-refractivity contribution in [2.45, 2.75) is 10.8 Å². The first-order valence-electron chi connectivity index (χ1n) is 7.85. The molecule has 0 aliphatic heterocycles. The molecule has 0 N–H and O–H groups in total. The van der Waals surface area contributed by atoms with Gasteiger partial charge in [0.1, 0.15) is 10.8 Å². The van der Waals surface area contributed by atoms with Gasteiger partial charge in [-0.2, -0.15) is 0 Å².